The van der Waals surface area contributed by atoms with Crippen LogP contribution in [0.5, 0.6) is 0 Å². The molecule has 0 atom stereocenters. The zero-order valence-corrected chi connectivity index (χ0v) is 20.6. The van der Waals surface area contributed by atoms with Crippen molar-refractivity contribution in [2.75, 3.05) is 6.61 Å². The van der Waals surface area contributed by atoms with Crippen LogP contribution in [0.2, 0.25) is 0 Å². The topological polar surface area (TPSA) is 139 Å². The summed E-state index contributed by atoms with van der Waals surface area (Å²) in [4.78, 5) is 0. The van der Waals surface area contributed by atoms with Gasteiger partial charge in [-0.05, 0) is 0 Å². The molecule has 0 unspecified atom stereocenters. The summed E-state index contributed by atoms with van der Waals surface area (Å²) in [5.74, 6) is -0.245. The van der Waals surface area contributed by atoms with Crippen molar-refractivity contribution in [1.82, 2.24) is 15.0 Å². The fourth-order valence-corrected chi connectivity index (χ4v) is 3.32. The summed E-state index contributed by atoms with van der Waals surface area (Å²) < 4.78 is 58.9. The second-order valence-electron chi connectivity index (χ2n) is 5.16. The molecule has 0 radical (unpaired) electrons. The van der Waals surface area contributed by atoms with Gasteiger partial charge in [0.2, 0.25) is 0 Å². The van der Waals surface area contributed by atoms with Gasteiger partial charge in [-0.2, -0.15) is 0 Å². The van der Waals surface area contributed by atoms with Gasteiger partial charge < -0.3 is 0 Å². The fourth-order valence-electron chi connectivity index (χ4n) is 2.41. The van der Waals surface area contributed by atoms with E-state index in [4.69, 9.17) is 28.0 Å². The van der Waals surface area contributed by atoms with Gasteiger partial charge in [-0.15, -0.1) is 0 Å². The Balaban J connectivity index is -0.000000854. The van der Waals surface area contributed by atoms with Crippen molar-refractivity contribution < 1.29 is 51.7 Å². The molecule has 34 heavy (non-hydrogen) atoms. The first-order valence-electron chi connectivity index (χ1n) is 8.61. The number of nitrogens with zero attached hydrogens (tertiary/aromatic N) is 3. The van der Waals surface area contributed by atoms with Gasteiger partial charge in [0.15, 0.2) is 0 Å². The summed E-state index contributed by atoms with van der Waals surface area (Å²) in [7, 11) is 0. The monoisotopic (exact) mass is 633 g/mol. The minimum absolute atomic E-state index is 0.245. The second-order valence-corrected chi connectivity index (χ2v) is 6.49. The number of rotatable bonds is 6. The number of aromatic nitrogens is 3. The van der Waals surface area contributed by atoms with Crippen molar-refractivity contribution >= 4 is 4.08 Å². The number of ether oxygens (including phenoxy) is 1. The fraction of sp³-hybridized carbons (Fsp3) is 0.130. The van der Waals surface area contributed by atoms with E-state index >= 15 is 0 Å². The summed E-state index contributed by atoms with van der Waals surface area (Å²) in [6.07, 6.45) is 0. The van der Waals surface area contributed by atoms with Gasteiger partial charge in [0.05, 0.1) is 0 Å². The van der Waals surface area contributed by atoms with Crippen molar-refractivity contribution in [3.8, 4) is 11.3 Å². The van der Waals surface area contributed by atoms with Crippen molar-refractivity contribution in [3.63, 3.8) is 0 Å². The number of halogens is 1. The molecule has 3 aromatic rings. The van der Waals surface area contributed by atoms with Crippen LogP contribution in [-0.2, 0) is 53.9 Å². The molecular weight excluding hydrogens is 617 g/mol. The van der Waals surface area contributed by atoms with Crippen LogP contribution in [0.4, 0.5) is 4.39 Å². The molecule has 1 aromatic heterocycles. The van der Waals surface area contributed by atoms with Gasteiger partial charge in [-0.25, -0.2) is 0 Å². The van der Waals surface area contributed by atoms with Crippen LogP contribution in [0.1, 0.15) is 18.2 Å². The Morgan fingerprint density at radius 1 is 0.882 bits per heavy atom. The zero-order valence-electron chi connectivity index (χ0n) is 17.7. The van der Waals surface area contributed by atoms with E-state index in [2.05, 4.69) is 43.6 Å². The Morgan fingerprint density at radius 2 is 1.38 bits per heavy atom. The van der Waals surface area contributed by atoms with E-state index in [0.29, 0.717) is 13.2 Å². The normalized spacial score (nSPS) is 7.88. The van der Waals surface area contributed by atoms with Gasteiger partial charge in [0, 0.05) is 0 Å². The molecule has 0 saturated carbocycles. The average Bonchev–Trinajstić information content (AvgIpc) is 3.35. The predicted molar refractivity (Wildman–Crippen MR) is 106 cm³/mol. The minimum atomic E-state index is -0.245. The molecule has 3 rings (SSSR count). The van der Waals surface area contributed by atoms with Crippen molar-refractivity contribution in [2.24, 2.45) is 0 Å². The predicted octanol–water partition coefficient (Wildman–Crippen LogP) is 3.01. The molecule has 0 aliphatic carbocycles. The zero-order chi connectivity index (χ0) is 26.9. The quantitative estimate of drug-likeness (QED) is 0.305. The summed E-state index contributed by atoms with van der Waals surface area (Å²) in [6.45, 7) is 25.6. The van der Waals surface area contributed by atoms with Crippen LogP contribution in [0.25, 0.3) is 11.3 Å². The molecule has 0 bridgehead atoms. The number of hydrogen-bond acceptors (Lipinski definition) is 3. The molecule has 0 saturated heterocycles. The Hall–Kier alpha value is -3.27. The van der Waals surface area contributed by atoms with Crippen LogP contribution >= 0.6 is 0 Å². The Kier molecular flexibility index (Phi) is 25.3. The van der Waals surface area contributed by atoms with Gasteiger partial charge in [-0.3, -0.25) is 0 Å². The Labute approximate surface area is 206 Å². The first kappa shape index (κ1) is 35.3. The molecule has 0 spiro atoms. The first-order chi connectivity index (χ1) is 16.7. The van der Waals surface area contributed by atoms with Gasteiger partial charge >= 0.3 is 207 Å². The first-order valence-corrected chi connectivity index (χ1v) is 10.1. The molecule has 0 aliphatic rings. The van der Waals surface area contributed by atoms with Gasteiger partial charge in [0.1, 0.15) is 0 Å². The molecular formula is C23H16FN3O6W. The van der Waals surface area contributed by atoms with E-state index in [0.717, 1.165) is 26.6 Å². The molecule has 172 valence electrons. The van der Waals surface area contributed by atoms with Crippen LogP contribution in [0, 0.1) is 39.1 Å². The number of benzene rings is 2. The second kappa shape index (κ2) is 24.4. The van der Waals surface area contributed by atoms with E-state index in [1.54, 1.807) is 12.1 Å². The van der Waals surface area contributed by atoms with Crippen molar-refractivity contribution in [2.45, 2.75) is 13.5 Å². The van der Waals surface area contributed by atoms with E-state index in [1.807, 2.05) is 41.9 Å². The third kappa shape index (κ3) is 12.1. The summed E-state index contributed by atoms with van der Waals surface area (Å²) >= 11 is 1.21. The maximum atomic E-state index is 13.1. The maximum absolute atomic E-state index is 13.1. The molecule has 2 aromatic carbocycles. The SMILES string of the molecule is CCO[C](=[W])c1nnn(Cc2ccc(F)cc2)c1-c1ccccc1.[C-]#[O+].[C-]#[O+].[C-]#[O+].[C-]#[O+].[C-]#[O+]. The summed E-state index contributed by atoms with van der Waals surface area (Å²) in [5, 5.41) is 8.62. The number of hydrogen-bond donors (Lipinski definition) is 0. The molecule has 1 heterocycles. The molecule has 0 fully saturated rings. The molecule has 0 aliphatic heterocycles. The third-order valence-corrected chi connectivity index (χ3v) is 4.61. The standard InChI is InChI=1S/C18H16FN3O.5CO.W/c1-2-23-13-17-18(15-6-4-3-5-7-15)22(21-20-17)12-14-8-10-16(19)11-9-14;5*1-2;/h3-11H,2,12H2,1H3;;;;;;. The molecule has 0 N–H and O–H groups in total. The van der Waals surface area contributed by atoms with E-state index in [1.165, 1.54) is 31.5 Å². The van der Waals surface area contributed by atoms with Crippen LogP contribution < -0.4 is 0 Å². The van der Waals surface area contributed by atoms with E-state index in [-0.39, 0.29) is 5.82 Å². The molecule has 0 amide bonds. The summed E-state index contributed by atoms with van der Waals surface area (Å²) in [6, 6.07) is 16.4. The van der Waals surface area contributed by atoms with Gasteiger partial charge in [-0.1, -0.05) is 0 Å². The molecule has 11 heteroatoms. The molecule has 9 nitrogen and oxygen atoms in total. The average molecular weight is 633 g/mol. The van der Waals surface area contributed by atoms with Gasteiger partial charge in [0.25, 0.3) is 0 Å². The Bertz CT molecular complexity index is 1020. The summed E-state index contributed by atoms with van der Waals surface area (Å²) in [5.41, 5.74) is 3.67. The van der Waals surface area contributed by atoms with Crippen LogP contribution in [-0.4, -0.2) is 25.7 Å². The van der Waals surface area contributed by atoms with Crippen LogP contribution in [0.3, 0.4) is 0 Å². The Morgan fingerprint density at radius 3 is 1.85 bits per heavy atom. The van der Waals surface area contributed by atoms with Crippen molar-refractivity contribution in [1.29, 1.82) is 0 Å². The third-order valence-electron chi connectivity index (χ3n) is 3.50. The van der Waals surface area contributed by atoms with E-state index in [9.17, 15) is 4.39 Å². The van der Waals surface area contributed by atoms with Crippen molar-refractivity contribution in [3.05, 3.63) is 105 Å². The van der Waals surface area contributed by atoms with E-state index < -0.39 is 0 Å². The van der Waals surface area contributed by atoms with Crippen LogP contribution in [0.15, 0.2) is 54.6 Å².